The van der Waals surface area contributed by atoms with Crippen molar-refractivity contribution >= 4 is 23.4 Å². The molecule has 2 unspecified atom stereocenters. The second-order valence-corrected chi connectivity index (χ2v) is 5.64. The van der Waals surface area contributed by atoms with Gasteiger partial charge >= 0.3 is 0 Å². The van der Waals surface area contributed by atoms with E-state index in [9.17, 15) is 0 Å². The van der Waals surface area contributed by atoms with Crippen LogP contribution in [0.4, 0.5) is 0 Å². The first-order valence-electron chi connectivity index (χ1n) is 5.97. The van der Waals surface area contributed by atoms with Crippen molar-refractivity contribution in [2.45, 2.75) is 50.2 Å². The highest BCUT2D eigenvalue weighted by Crippen LogP contribution is 2.25. The Bertz CT molecular complexity index is 409. The molecule has 1 fully saturated rings. The summed E-state index contributed by atoms with van der Waals surface area (Å²) in [5, 5.41) is 1.04. The first kappa shape index (κ1) is 13.9. The zero-order valence-corrected chi connectivity index (χ0v) is 12.3. The summed E-state index contributed by atoms with van der Waals surface area (Å²) in [6.45, 7) is 4.12. The number of aromatic nitrogens is 2. The van der Waals surface area contributed by atoms with Gasteiger partial charge in [0.15, 0.2) is 5.16 Å². The lowest BCUT2D eigenvalue weighted by Gasteiger charge is -2.31. The first-order valence-corrected chi connectivity index (χ1v) is 7.57. The van der Waals surface area contributed by atoms with E-state index < -0.39 is 0 Å². The number of nitrogens with zero attached hydrogens (tertiary/aromatic N) is 2. The van der Waals surface area contributed by atoms with Crippen molar-refractivity contribution in [2.24, 2.45) is 0 Å². The SMILES string of the molecule is CSc1nc(Cl)cc(OC2CC(C)OC(C)C2)n1. The lowest BCUT2D eigenvalue weighted by molar-refractivity contribution is -0.0730. The second kappa shape index (κ2) is 6.08. The Labute approximate surface area is 116 Å². The maximum Gasteiger partial charge on any atom is 0.219 e. The molecule has 0 spiro atoms. The van der Waals surface area contributed by atoms with Crippen LogP contribution in [0, 0.1) is 0 Å². The summed E-state index contributed by atoms with van der Waals surface area (Å²) in [7, 11) is 0. The molecule has 18 heavy (non-hydrogen) atoms. The molecule has 1 aliphatic heterocycles. The van der Waals surface area contributed by atoms with Gasteiger partial charge in [0.1, 0.15) is 11.3 Å². The first-order chi connectivity index (χ1) is 8.56. The zero-order valence-electron chi connectivity index (χ0n) is 10.7. The van der Waals surface area contributed by atoms with Crippen molar-refractivity contribution in [3.63, 3.8) is 0 Å². The number of hydrogen-bond acceptors (Lipinski definition) is 5. The summed E-state index contributed by atoms with van der Waals surface area (Å²) >= 11 is 7.38. The Kier molecular flexibility index (Phi) is 4.70. The van der Waals surface area contributed by atoms with Gasteiger partial charge in [-0.15, -0.1) is 0 Å². The van der Waals surface area contributed by atoms with Crippen LogP contribution in [0.5, 0.6) is 5.88 Å². The number of halogens is 1. The summed E-state index contributed by atoms with van der Waals surface area (Å²) in [4.78, 5) is 8.39. The molecular formula is C12H17ClN2O2S. The van der Waals surface area contributed by atoms with E-state index in [2.05, 4.69) is 23.8 Å². The summed E-state index contributed by atoms with van der Waals surface area (Å²) in [6.07, 6.45) is 4.23. The molecule has 4 nitrogen and oxygen atoms in total. The fourth-order valence-corrected chi connectivity index (χ4v) is 2.73. The monoisotopic (exact) mass is 288 g/mol. The average Bonchev–Trinajstić information content (AvgIpc) is 2.26. The van der Waals surface area contributed by atoms with Gasteiger partial charge in [-0.1, -0.05) is 23.4 Å². The number of rotatable bonds is 3. The maximum absolute atomic E-state index is 5.93. The average molecular weight is 289 g/mol. The van der Waals surface area contributed by atoms with E-state index in [1.807, 2.05) is 6.26 Å². The highest BCUT2D eigenvalue weighted by atomic mass is 35.5. The third kappa shape index (κ3) is 3.73. The van der Waals surface area contributed by atoms with Crippen LogP contribution >= 0.6 is 23.4 Å². The molecule has 2 heterocycles. The minimum absolute atomic E-state index is 0.129. The molecule has 0 aromatic carbocycles. The fourth-order valence-electron chi connectivity index (χ4n) is 2.14. The van der Waals surface area contributed by atoms with E-state index >= 15 is 0 Å². The summed E-state index contributed by atoms with van der Waals surface area (Å²) < 4.78 is 11.6. The molecule has 0 radical (unpaired) electrons. The topological polar surface area (TPSA) is 44.2 Å². The Hall–Kier alpha value is -0.520. The van der Waals surface area contributed by atoms with Crippen molar-refractivity contribution in [2.75, 3.05) is 6.26 Å². The van der Waals surface area contributed by atoms with Crippen LogP contribution < -0.4 is 4.74 Å². The van der Waals surface area contributed by atoms with Gasteiger partial charge in [0.25, 0.3) is 0 Å². The summed E-state index contributed by atoms with van der Waals surface area (Å²) in [6, 6.07) is 1.66. The second-order valence-electron chi connectivity index (χ2n) is 4.48. The predicted molar refractivity (Wildman–Crippen MR) is 72.5 cm³/mol. The molecule has 1 saturated heterocycles. The van der Waals surface area contributed by atoms with Crippen LogP contribution in [0.3, 0.4) is 0 Å². The third-order valence-electron chi connectivity index (χ3n) is 2.78. The van der Waals surface area contributed by atoms with Crippen LogP contribution in [0.25, 0.3) is 0 Å². The van der Waals surface area contributed by atoms with Gasteiger partial charge in [0, 0.05) is 18.9 Å². The summed E-state index contributed by atoms with van der Waals surface area (Å²) in [5.41, 5.74) is 0. The highest BCUT2D eigenvalue weighted by molar-refractivity contribution is 7.98. The van der Waals surface area contributed by atoms with Crippen molar-refractivity contribution in [3.8, 4) is 5.88 Å². The van der Waals surface area contributed by atoms with Crippen molar-refractivity contribution in [1.29, 1.82) is 0 Å². The molecular weight excluding hydrogens is 272 g/mol. The zero-order chi connectivity index (χ0) is 13.1. The van der Waals surface area contributed by atoms with Crippen LogP contribution in [0.2, 0.25) is 5.15 Å². The van der Waals surface area contributed by atoms with Gasteiger partial charge in [-0.3, -0.25) is 0 Å². The van der Waals surface area contributed by atoms with E-state index in [0.717, 1.165) is 12.8 Å². The molecule has 1 aliphatic rings. The molecule has 6 heteroatoms. The van der Waals surface area contributed by atoms with Crippen molar-refractivity contribution < 1.29 is 9.47 Å². The molecule has 0 saturated carbocycles. The van der Waals surface area contributed by atoms with Crippen LogP contribution in [0.1, 0.15) is 26.7 Å². The third-order valence-corrected chi connectivity index (χ3v) is 3.52. The Morgan fingerprint density at radius 1 is 1.33 bits per heavy atom. The quantitative estimate of drug-likeness (QED) is 0.485. The molecule has 100 valence electrons. The van der Waals surface area contributed by atoms with Crippen LogP contribution in [-0.4, -0.2) is 34.5 Å². The van der Waals surface area contributed by atoms with Gasteiger partial charge in [-0.2, -0.15) is 4.98 Å². The van der Waals surface area contributed by atoms with Gasteiger partial charge in [0.05, 0.1) is 12.2 Å². The largest absolute Gasteiger partial charge is 0.474 e. The summed E-state index contributed by atoms with van der Waals surface area (Å²) in [5.74, 6) is 0.547. The Balaban J connectivity index is 2.06. The number of thioether (sulfide) groups is 1. The molecule has 1 aromatic rings. The van der Waals surface area contributed by atoms with Crippen molar-refractivity contribution in [3.05, 3.63) is 11.2 Å². The minimum Gasteiger partial charge on any atom is -0.474 e. The molecule has 0 N–H and O–H groups in total. The number of hydrogen-bond donors (Lipinski definition) is 0. The lowest BCUT2D eigenvalue weighted by Crippen LogP contribution is -2.35. The van der Waals surface area contributed by atoms with Gasteiger partial charge in [-0.05, 0) is 20.1 Å². The smallest absolute Gasteiger partial charge is 0.219 e. The minimum atomic E-state index is 0.129. The van der Waals surface area contributed by atoms with E-state index in [-0.39, 0.29) is 18.3 Å². The lowest BCUT2D eigenvalue weighted by atomic mass is 10.0. The maximum atomic E-state index is 5.93. The molecule has 2 atom stereocenters. The highest BCUT2D eigenvalue weighted by Gasteiger charge is 2.26. The van der Waals surface area contributed by atoms with E-state index in [1.54, 1.807) is 6.07 Å². The number of ether oxygens (including phenoxy) is 2. The van der Waals surface area contributed by atoms with E-state index in [0.29, 0.717) is 16.2 Å². The molecule has 0 amide bonds. The molecule has 2 rings (SSSR count). The van der Waals surface area contributed by atoms with Gasteiger partial charge < -0.3 is 9.47 Å². The Morgan fingerprint density at radius 3 is 2.61 bits per heavy atom. The molecule has 1 aromatic heterocycles. The molecule has 0 bridgehead atoms. The molecule has 0 aliphatic carbocycles. The van der Waals surface area contributed by atoms with E-state index in [1.165, 1.54) is 11.8 Å². The fraction of sp³-hybridized carbons (Fsp3) is 0.667. The van der Waals surface area contributed by atoms with E-state index in [4.69, 9.17) is 21.1 Å². The standard InChI is InChI=1S/C12H17ClN2O2S/c1-7-4-9(5-8(2)16-7)17-11-6-10(13)14-12(15-11)18-3/h6-9H,4-5H2,1-3H3. The predicted octanol–water partition coefficient (Wildman–Crippen LogP) is 3.19. The van der Waals surface area contributed by atoms with Crippen molar-refractivity contribution in [1.82, 2.24) is 9.97 Å². The van der Waals surface area contributed by atoms with Gasteiger partial charge in [0.2, 0.25) is 5.88 Å². The normalized spacial score (nSPS) is 28.1. The van der Waals surface area contributed by atoms with Crippen LogP contribution in [0.15, 0.2) is 11.2 Å². The Morgan fingerprint density at radius 2 is 2.00 bits per heavy atom. The van der Waals surface area contributed by atoms with Gasteiger partial charge in [-0.25, -0.2) is 4.98 Å². The van der Waals surface area contributed by atoms with Crippen LogP contribution in [-0.2, 0) is 4.74 Å².